The van der Waals surface area contributed by atoms with E-state index >= 15 is 0 Å². The monoisotopic (exact) mass is 215 g/mol. The van der Waals surface area contributed by atoms with E-state index in [-0.39, 0.29) is 0 Å². The second kappa shape index (κ2) is 4.21. The van der Waals surface area contributed by atoms with Crippen molar-refractivity contribution in [2.45, 2.75) is 44.6 Å². The minimum Gasteiger partial charge on any atom is -0.309 e. The number of rotatable bonds is 1. The molecule has 1 saturated carbocycles. The first-order chi connectivity index (χ1) is 7.88. The second-order valence-corrected chi connectivity index (χ2v) is 5.61. The zero-order chi connectivity index (χ0) is 10.8. The first-order valence-electron chi connectivity index (χ1n) is 6.66. The number of hydrogen-bond donors (Lipinski definition) is 1. The Morgan fingerprint density at radius 2 is 1.75 bits per heavy atom. The van der Waals surface area contributed by atoms with E-state index in [9.17, 15) is 0 Å². The van der Waals surface area contributed by atoms with Crippen LogP contribution in [0.5, 0.6) is 0 Å². The third-order valence-electron chi connectivity index (χ3n) is 4.48. The first kappa shape index (κ1) is 10.3. The van der Waals surface area contributed by atoms with Crippen LogP contribution in [0, 0.1) is 5.41 Å². The van der Waals surface area contributed by atoms with Crippen LogP contribution in [0.3, 0.4) is 0 Å². The van der Waals surface area contributed by atoms with E-state index in [4.69, 9.17) is 0 Å². The lowest BCUT2D eigenvalue weighted by molar-refractivity contribution is 0.211. The molecule has 1 saturated heterocycles. The molecule has 1 atom stereocenters. The third-order valence-corrected chi connectivity index (χ3v) is 4.48. The summed E-state index contributed by atoms with van der Waals surface area (Å²) in [7, 11) is 0. The Hall–Kier alpha value is -0.820. The van der Waals surface area contributed by atoms with Crippen LogP contribution in [-0.2, 0) is 0 Å². The van der Waals surface area contributed by atoms with Crippen LogP contribution in [0.2, 0.25) is 0 Å². The van der Waals surface area contributed by atoms with Crippen molar-refractivity contribution in [2.75, 3.05) is 6.54 Å². The molecule has 1 unspecified atom stereocenters. The SMILES string of the molecule is c1ccc(C2CC3(CCCCC3)CN2)cc1. The highest BCUT2D eigenvalue weighted by Gasteiger charge is 2.39. The zero-order valence-electron chi connectivity index (χ0n) is 9.91. The fourth-order valence-electron chi connectivity index (χ4n) is 3.52. The summed E-state index contributed by atoms with van der Waals surface area (Å²) < 4.78 is 0. The lowest BCUT2D eigenvalue weighted by Gasteiger charge is -2.32. The normalized spacial score (nSPS) is 28.4. The van der Waals surface area contributed by atoms with Gasteiger partial charge < -0.3 is 5.32 Å². The van der Waals surface area contributed by atoms with Crippen LogP contribution in [0.4, 0.5) is 0 Å². The molecular formula is C15H21N. The summed E-state index contributed by atoms with van der Waals surface area (Å²) in [6.45, 7) is 1.24. The maximum atomic E-state index is 3.73. The van der Waals surface area contributed by atoms with Crippen LogP contribution < -0.4 is 5.32 Å². The largest absolute Gasteiger partial charge is 0.309 e. The Morgan fingerprint density at radius 3 is 2.50 bits per heavy atom. The molecule has 1 aromatic carbocycles. The molecule has 3 rings (SSSR count). The van der Waals surface area contributed by atoms with Gasteiger partial charge in [0.05, 0.1) is 0 Å². The Bertz CT molecular complexity index is 338. The fourth-order valence-corrected chi connectivity index (χ4v) is 3.52. The van der Waals surface area contributed by atoms with Gasteiger partial charge in [-0.1, -0.05) is 49.6 Å². The molecule has 0 bridgehead atoms. The smallest absolute Gasteiger partial charge is 0.0326 e. The molecule has 0 aromatic heterocycles. The first-order valence-corrected chi connectivity index (χ1v) is 6.66. The van der Waals surface area contributed by atoms with E-state index in [1.165, 1.54) is 50.6 Å². The van der Waals surface area contributed by atoms with Crippen LogP contribution in [0.1, 0.15) is 50.1 Å². The maximum Gasteiger partial charge on any atom is 0.0326 e. The third kappa shape index (κ3) is 1.89. The molecule has 2 aliphatic rings. The van der Waals surface area contributed by atoms with Crippen molar-refractivity contribution < 1.29 is 0 Å². The highest BCUT2D eigenvalue weighted by Crippen LogP contribution is 2.46. The molecule has 86 valence electrons. The van der Waals surface area contributed by atoms with Gasteiger partial charge in [-0.25, -0.2) is 0 Å². The van der Waals surface area contributed by atoms with Crippen LogP contribution >= 0.6 is 0 Å². The van der Waals surface area contributed by atoms with Crippen molar-refractivity contribution >= 4 is 0 Å². The molecule has 1 aliphatic heterocycles. The molecular weight excluding hydrogens is 194 g/mol. The predicted molar refractivity (Wildman–Crippen MR) is 67.3 cm³/mol. The van der Waals surface area contributed by atoms with Crippen LogP contribution in [0.25, 0.3) is 0 Å². The highest BCUT2D eigenvalue weighted by molar-refractivity contribution is 5.21. The van der Waals surface area contributed by atoms with E-state index in [1.807, 2.05) is 0 Å². The molecule has 0 amide bonds. The summed E-state index contributed by atoms with van der Waals surface area (Å²) in [6, 6.07) is 11.6. The molecule has 1 spiro atoms. The van der Waals surface area contributed by atoms with E-state index in [0.717, 1.165) is 0 Å². The number of benzene rings is 1. The number of hydrogen-bond acceptors (Lipinski definition) is 1. The van der Waals surface area contributed by atoms with Crippen molar-refractivity contribution in [1.29, 1.82) is 0 Å². The van der Waals surface area contributed by atoms with Crippen molar-refractivity contribution in [3.63, 3.8) is 0 Å². The molecule has 16 heavy (non-hydrogen) atoms. The quantitative estimate of drug-likeness (QED) is 0.753. The standard InChI is InChI=1S/C15H21N/c1-3-7-13(8-4-1)14-11-15(12-16-14)9-5-2-6-10-15/h1,3-4,7-8,14,16H,2,5-6,9-12H2. The molecule has 2 fully saturated rings. The summed E-state index contributed by atoms with van der Waals surface area (Å²) in [5.41, 5.74) is 2.11. The van der Waals surface area contributed by atoms with E-state index in [2.05, 4.69) is 35.6 Å². The van der Waals surface area contributed by atoms with Crippen molar-refractivity contribution in [3.05, 3.63) is 35.9 Å². The Morgan fingerprint density at radius 1 is 1.00 bits per heavy atom. The summed E-state index contributed by atoms with van der Waals surface area (Å²) >= 11 is 0. The summed E-state index contributed by atoms with van der Waals surface area (Å²) in [5, 5.41) is 3.73. The van der Waals surface area contributed by atoms with Gasteiger partial charge in [0.1, 0.15) is 0 Å². The zero-order valence-corrected chi connectivity index (χ0v) is 9.91. The molecule has 1 heteroatoms. The van der Waals surface area contributed by atoms with Crippen LogP contribution in [-0.4, -0.2) is 6.54 Å². The topological polar surface area (TPSA) is 12.0 Å². The molecule has 0 radical (unpaired) electrons. The van der Waals surface area contributed by atoms with E-state index in [1.54, 1.807) is 0 Å². The highest BCUT2D eigenvalue weighted by atomic mass is 15.0. The van der Waals surface area contributed by atoms with E-state index < -0.39 is 0 Å². The second-order valence-electron chi connectivity index (χ2n) is 5.61. The lowest BCUT2D eigenvalue weighted by Crippen LogP contribution is -2.26. The summed E-state index contributed by atoms with van der Waals surface area (Å²) in [4.78, 5) is 0. The van der Waals surface area contributed by atoms with Crippen molar-refractivity contribution in [1.82, 2.24) is 5.32 Å². The molecule has 1 nitrogen and oxygen atoms in total. The fraction of sp³-hybridized carbons (Fsp3) is 0.600. The van der Waals surface area contributed by atoms with Gasteiger partial charge in [0.2, 0.25) is 0 Å². The minimum absolute atomic E-state index is 0.610. The Labute approximate surface area is 98.3 Å². The van der Waals surface area contributed by atoms with Gasteiger partial charge in [-0.15, -0.1) is 0 Å². The minimum atomic E-state index is 0.610. The van der Waals surface area contributed by atoms with Gasteiger partial charge in [0.15, 0.2) is 0 Å². The van der Waals surface area contributed by atoms with Gasteiger partial charge in [-0.3, -0.25) is 0 Å². The van der Waals surface area contributed by atoms with Gasteiger partial charge >= 0.3 is 0 Å². The lowest BCUT2D eigenvalue weighted by atomic mass is 9.72. The van der Waals surface area contributed by atoms with Crippen molar-refractivity contribution in [2.24, 2.45) is 5.41 Å². The van der Waals surface area contributed by atoms with Gasteiger partial charge in [-0.2, -0.15) is 0 Å². The predicted octanol–water partition coefficient (Wildman–Crippen LogP) is 3.67. The van der Waals surface area contributed by atoms with Gasteiger partial charge in [0, 0.05) is 12.6 Å². The molecule has 1 N–H and O–H groups in total. The Kier molecular flexibility index (Phi) is 2.72. The molecule has 1 aliphatic carbocycles. The maximum absolute atomic E-state index is 3.73. The average molecular weight is 215 g/mol. The average Bonchev–Trinajstić information content (AvgIpc) is 2.75. The summed E-state index contributed by atoms with van der Waals surface area (Å²) in [6.07, 6.45) is 8.60. The van der Waals surface area contributed by atoms with E-state index in [0.29, 0.717) is 11.5 Å². The van der Waals surface area contributed by atoms with Crippen molar-refractivity contribution in [3.8, 4) is 0 Å². The van der Waals surface area contributed by atoms with Gasteiger partial charge in [0.25, 0.3) is 0 Å². The summed E-state index contributed by atoms with van der Waals surface area (Å²) in [5.74, 6) is 0. The molecule has 1 heterocycles. The Balaban J connectivity index is 1.73. The number of nitrogens with one attached hydrogen (secondary N) is 1. The van der Waals surface area contributed by atoms with Gasteiger partial charge in [-0.05, 0) is 30.2 Å². The van der Waals surface area contributed by atoms with Crippen LogP contribution in [0.15, 0.2) is 30.3 Å². The molecule has 1 aromatic rings.